The number of ether oxygens (including phenoxy) is 1. The van der Waals surface area contributed by atoms with Crippen molar-refractivity contribution in [1.82, 2.24) is 14.5 Å². The number of likely N-dealkylation sites (tertiary alicyclic amines) is 1. The Labute approximate surface area is 175 Å². The Morgan fingerprint density at radius 2 is 1.83 bits per heavy atom. The number of piperidine rings is 1. The third kappa shape index (κ3) is 3.49. The van der Waals surface area contributed by atoms with E-state index in [2.05, 4.69) is 9.88 Å². The van der Waals surface area contributed by atoms with E-state index in [1.165, 1.54) is 29.9 Å². The Hall–Kier alpha value is -2.73. The minimum atomic E-state index is -0.485. The average molecular weight is 407 g/mol. The maximum atomic E-state index is 15.0. The summed E-state index contributed by atoms with van der Waals surface area (Å²) in [7, 11) is 0. The molecule has 30 heavy (non-hydrogen) atoms. The molecule has 0 N–H and O–H groups in total. The van der Waals surface area contributed by atoms with Crippen LogP contribution in [-0.4, -0.2) is 39.7 Å². The Balaban J connectivity index is 1.35. The van der Waals surface area contributed by atoms with E-state index >= 15 is 0 Å². The zero-order chi connectivity index (χ0) is 20.7. The fourth-order valence-electron chi connectivity index (χ4n) is 4.57. The second-order valence-corrected chi connectivity index (χ2v) is 8.37. The molecule has 2 aromatic carbocycles. The van der Waals surface area contributed by atoms with Crippen LogP contribution >= 0.6 is 0 Å². The second-order valence-electron chi connectivity index (χ2n) is 8.37. The summed E-state index contributed by atoms with van der Waals surface area (Å²) >= 11 is 0. The standard InChI is InChI=1S/C24H26FN3O2/c1-16-26-22-8-3-2-7-20(22)24(29)28(16)23-10-9-19(15-21(23)25)30-18-11-13-27(14-12-18)17-5-4-6-17/h2-3,7-10,15,17-18H,4-6,11-14H2,1H3. The molecule has 3 aromatic rings. The molecule has 5 rings (SSSR count). The molecule has 1 aliphatic heterocycles. The molecule has 1 aliphatic carbocycles. The minimum absolute atomic E-state index is 0.110. The van der Waals surface area contributed by atoms with Gasteiger partial charge in [0.25, 0.3) is 5.56 Å². The molecular weight excluding hydrogens is 381 g/mol. The summed E-state index contributed by atoms with van der Waals surface area (Å²) in [5.41, 5.74) is 0.543. The highest BCUT2D eigenvalue weighted by molar-refractivity contribution is 5.77. The lowest BCUT2D eigenvalue weighted by atomic mass is 9.90. The van der Waals surface area contributed by atoms with Crippen LogP contribution in [0.2, 0.25) is 0 Å². The fourth-order valence-corrected chi connectivity index (χ4v) is 4.57. The van der Waals surface area contributed by atoms with Crippen molar-refractivity contribution >= 4 is 10.9 Å². The van der Waals surface area contributed by atoms with Crippen molar-refractivity contribution in [1.29, 1.82) is 0 Å². The number of fused-ring (bicyclic) bond motifs is 1. The molecule has 0 bridgehead atoms. The number of benzene rings is 2. The topological polar surface area (TPSA) is 47.4 Å². The van der Waals surface area contributed by atoms with Crippen LogP contribution in [0, 0.1) is 12.7 Å². The summed E-state index contributed by atoms with van der Waals surface area (Å²) in [6, 6.07) is 12.6. The Morgan fingerprint density at radius 3 is 2.53 bits per heavy atom. The number of hydrogen-bond acceptors (Lipinski definition) is 4. The number of aryl methyl sites for hydroxylation is 1. The van der Waals surface area contributed by atoms with Gasteiger partial charge < -0.3 is 9.64 Å². The van der Waals surface area contributed by atoms with Crippen molar-refractivity contribution < 1.29 is 9.13 Å². The van der Waals surface area contributed by atoms with Gasteiger partial charge in [-0.1, -0.05) is 18.6 Å². The van der Waals surface area contributed by atoms with E-state index in [1.54, 1.807) is 37.3 Å². The first-order valence-corrected chi connectivity index (χ1v) is 10.8. The average Bonchev–Trinajstić information content (AvgIpc) is 2.70. The molecule has 1 saturated heterocycles. The predicted molar refractivity (Wildman–Crippen MR) is 115 cm³/mol. The predicted octanol–water partition coefficient (Wildman–Crippen LogP) is 4.23. The Bertz CT molecular complexity index is 1130. The number of nitrogens with zero attached hydrogens (tertiary/aromatic N) is 3. The first-order chi connectivity index (χ1) is 14.6. The van der Waals surface area contributed by atoms with Gasteiger partial charge in [0.05, 0.1) is 16.6 Å². The molecule has 1 aromatic heterocycles. The molecule has 1 saturated carbocycles. The molecule has 2 aliphatic rings. The molecule has 0 atom stereocenters. The van der Waals surface area contributed by atoms with Gasteiger partial charge >= 0.3 is 0 Å². The highest BCUT2D eigenvalue weighted by atomic mass is 19.1. The number of aromatic nitrogens is 2. The molecule has 0 spiro atoms. The molecule has 0 radical (unpaired) electrons. The fraction of sp³-hybridized carbons (Fsp3) is 0.417. The summed E-state index contributed by atoms with van der Waals surface area (Å²) in [6.45, 7) is 3.81. The van der Waals surface area contributed by atoms with Crippen LogP contribution in [0.4, 0.5) is 4.39 Å². The highest BCUT2D eigenvalue weighted by Gasteiger charge is 2.29. The van der Waals surface area contributed by atoms with E-state index in [9.17, 15) is 9.18 Å². The van der Waals surface area contributed by atoms with Gasteiger partial charge in [-0.2, -0.15) is 0 Å². The summed E-state index contributed by atoms with van der Waals surface area (Å²) < 4.78 is 22.4. The largest absolute Gasteiger partial charge is 0.490 e. The van der Waals surface area contributed by atoms with Crippen molar-refractivity contribution in [3.63, 3.8) is 0 Å². The molecule has 5 nitrogen and oxygen atoms in total. The van der Waals surface area contributed by atoms with Crippen molar-refractivity contribution in [2.75, 3.05) is 13.1 Å². The van der Waals surface area contributed by atoms with Crippen molar-refractivity contribution in [2.45, 2.75) is 51.2 Å². The highest BCUT2D eigenvalue weighted by Crippen LogP contribution is 2.29. The Morgan fingerprint density at radius 1 is 1.07 bits per heavy atom. The first-order valence-electron chi connectivity index (χ1n) is 10.8. The maximum absolute atomic E-state index is 15.0. The van der Waals surface area contributed by atoms with E-state index in [0.29, 0.717) is 22.5 Å². The van der Waals surface area contributed by atoms with Gasteiger partial charge in [-0.3, -0.25) is 9.36 Å². The molecule has 0 unspecified atom stereocenters. The first kappa shape index (κ1) is 19.2. The SMILES string of the molecule is Cc1nc2ccccc2c(=O)n1-c1ccc(OC2CCN(C3CCC3)CC2)cc1F. The van der Waals surface area contributed by atoms with E-state index < -0.39 is 5.82 Å². The quantitative estimate of drug-likeness (QED) is 0.649. The van der Waals surface area contributed by atoms with Gasteiger partial charge in [0.2, 0.25) is 0 Å². The van der Waals surface area contributed by atoms with Crippen molar-refractivity contribution in [2.24, 2.45) is 0 Å². The lowest BCUT2D eigenvalue weighted by Crippen LogP contribution is -2.46. The van der Waals surface area contributed by atoms with Gasteiger partial charge in [0, 0.05) is 25.2 Å². The van der Waals surface area contributed by atoms with Crippen LogP contribution in [0.1, 0.15) is 37.9 Å². The zero-order valence-electron chi connectivity index (χ0n) is 17.2. The van der Waals surface area contributed by atoms with Gasteiger partial charge in [0.1, 0.15) is 17.7 Å². The summed E-state index contributed by atoms with van der Waals surface area (Å²) in [6.07, 6.45) is 6.03. The lowest BCUT2D eigenvalue weighted by molar-refractivity contribution is 0.0492. The van der Waals surface area contributed by atoms with Gasteiger partial charge in [-0.25, -0.2) is 9.37 Å². The third-order valence-corrected chi connectivity index (χ3v) is 6.47. The van der Waals surface area contributed by atoms with E-state index in [-0.39, 0.29) is 17.4 Å². The summed E-state index contributed by atoms with van der Waals surface area (Å²) in [4.78, 5) is 20.0. The van der Waals surface area contributed by atoms with E-state index in [0.717, 1.165) is 32.0 Å². The van der Waals surface area contributed by atoms with Crippen LogP contribution in [0.5, 0.6) is 5.75 Å². The number of halogens is 1. The Kier molecular flexibility index (Phi) is 5.03. The maximum Gasteiger partial charge on any atom is 0.266 e. The van der Waals surface area contributed by atoms with Crippen LogP contribution in [0.3, 0.4) is 0 Å². The molecule has 2 fully saturated rings. The smallest absolute Gasteiger partial charge is 0.266 e. The molecular formula is C24H26FN3O2. The van der Waals surface area contributed by atoms with Gasteiger partial charge in [-0.15, -0.1) is 0 Å². The summed E-state index contributed by atoms with van der Waals surface area (Å²) in [5.74, 6) is 0.481. The number of rotatable bonds is 4. The minimum Gasteiger partial charge on any atom is -0.490 e. The second kappa shape index (κ2) is 7.84. The lowest BCUT2D eigenvalue weighted by Gasteiger charge is -2.41. The molecule has 6 heteroatoms. The molecule has 2 heterocycles. The normalized spacial score (nSPS) is 18.5. The van der Waals surface area contributed by atoms with Crippen LogP contribution in [-0.2, 0) is 0 Å². The zero-order valence-corrected chi connectivity index (χ0v) is 17.2. The molecule has 0 amide bonds. The van der Waals surface area contributed by atoms with Crippen LogP contribution in [0.25, 0.3) is 16.6 Å². The number of para-hydroxylation sites is 1. The van der Waals surface area contributed by atoms with Gasteiger partial charge in [-0.05, 0) is 56.9 Å². The van der Waals surface area contributed by atoms with E-state index in [1.807, 2.05) is 6.07 Å². The third-order valence-electron chi connectivity index (χ3n) is 6.47. The van der Waals surface area contributed by atoms with Crippen LogP contribution < -0.4 is 10.3 Å². The van der Waals surface area contributed by atoms with Crippen molar-refractivity contribution in [3.05, 3.63) is 64.5 Å². The van der Waals surface area contributed by atoms with Crippen LogP contribution in [0.15, 0.2) is 47.3 Å². The van der Waals surface area contributed by atoms with Gasteiger partial charge in [0.15, 0.2) is 5.82 Å². The number of hydrogen-bond donors (Lipinski definition) is 0. The monoisotopic (exact) mass is 407 g/mol. The molecule has 156 valence electrons. The summed E-state index contributed by atoms with van der Waals surface area (Å²) in [5, 5.41) is 0.473. The van der Waals surface area contributed by atoms with Crippen molar-refractivity contribution in [3.8, 4) is 11.4 Å². The van der Waals surface area contributed by atoms with E-state index in [4.69, 9.17) is 4.74 Å².